The maximum absolute atomic E-state index is 15.1. The lowest BCUT2D eigenvalue weighted by Crippen LogP contribution is -2.33. The third-order valence-corrected chi connectivity index (χ3v) is 8.07. The molecule has 1 amide bonds. The number of likely N-dealkylation sites (tertiary alicyclic amines) is 1. The maximum atomic E-state index is 15.1. The predicted octanol–water partition coefficient (Wildman–Crippen LogP) is 4.31. The fourth-order valence-corrected chi connectivity index (χ4v) is 5.48. The number of aromatic amines is 1. The van der Waals surface area contributed by atoms with Gasteiger partial charge in [-0.3, -0.25) is 14.4 Å². The number of amides is 1. The summed E-state index contributed by atoms with van der Waals surface area (Å²) in [7, 11) is 1.87. The molecule has 1 aromatic carbocycles. The van der Waals surface area contributed by atoms with Crippen molar-refractivity contribution in [1.82, 2.24) is 39.6 Å². The predicted molar refractivity (Wildman–Crippen MR) is 168 cm³/mol. The molecule has 4 N–H and O–H groups in total. The van der Waals surface area contributed by atoms with Gasteiger partial charge in [0.15, 0.2) is 5.82 Å². The van der Waals surface area contributed by atoms with Crippen LogP contribution in [0.1, 0.15) is 30.5 Å². The summed E-state index contributed by atoms with van der Waals surface area (Å²) < 4.78 is 23.0. The molecule has 1 atom stereocenters. The molecule has 232 valence electrons. The first kappa shape index (κ1) is 28.6. The Balaban J connectivity index is 1.03. The van der Waals surface area contributed by atoms with Crippen LogP contribution in [-0.4, -0.2) is 77.3 Å². The van der Waals surface area contributed by atoms with Crippen LogP contribution in [0.2, 0.25) is 0 Å². The van der Waals surface area contributed by atoms with Crippen LogP contribution in [0.4, 0.5) is 27.8 Å². The average molecular weight is 612 g/mol. The molecule has 1 aliphatic carbocycles. The Morgan fingerprint density at radius 3 is 2.80 bits per heavy atom. The molecule has 14 heteroatoms. The van der Waals surface area contributed by atoms with E-state index in [1.54, 1.807) is 35.4 Å². The number of carbonyl (C=O) groups is 1. The quantitative estimate of drug-likeness (QED) is 0.180. The van der Waals surface area contributed by atoms with E-state index < -0.39 is 5.82 Å². The summed E-state index contributed by atoms with van der Waals surface area (Å²) in [6.07, 6.45) is 8.08. The number of hydrogen-bond donors (Lipinski definition) is 4. The molecule has 0 spiro atoms. The van der Waals surface area contributed by atoms with E-state index in [9.17, 15) is 4.79 Å². The molecular weight excluding hydrogens is 577 g/mol. The number of ether oxygens (including phenoxy) is 1. The monoisotopic (exact) mass is 611 g/mol. The van der Waals surface area contributed by atoms with Gasteiger partial charge < -0.3 is 25.7 Å². The molecule has 1 saturated heterocycles. The number of carbonyl (C=O) groups excluding carboxylic acids is 1. The summed E-state index contributed by atoms with van der Waals surface area (Å²) in [6.45, 7) is 5.22. The molecule has 7 rings (SSSR count). The minimum absolute atomic E-state index is 0.0986. The Bertz CT molecular complexity index is 1860. The van der Waals surface area contributed by atoms with Gasteiger partial charge in [0.2, 0.25) is 23.7 Å². The highest BCUT2D eigenvalue weighted by Crippen LogP contribution is 2.35. The van der Waals surface area contributed by atoms with Crippen molar-refractivity contribution in [3.8, 4) is 17.1 Å². The Labute approximate surface area is 258 Å². The second-order valence-electron chi connectivity index (χ2n) is 11.6. The lowest BCUT2D eigenvalue weighted by atomic mass is 10.1. The van der Waals surface area contributed by atoms with Crippen molar-refractivity contribution in [3.63, 3.8) is 0 Å². The normalized spacial score (nSPS) is 16.7. The molecule has 2 aliphatic rings. The summed E-state index contributed by atoms with van der Waals surface area (Å²) in [6, 6.07) is 7.13. The van der Waals surface area contributed by atoms with E-state index >= 15 is 4.39 Å². The largest absolute Gasteiger partial charge is 0.473 e. The second-order valence-corrected chi connectivity index (χ2v) is 11.6. The summed E-state index contributed by atoms with van der Waals surface area (Å²) in [5.74, 6) is 1.26. The highest BCUT2D eigenvalue weighted by Gasteiger charge is 2.27. The van der Waals surface area contributed by atoms with Crippen molar-refractivity contribution in [2.24, 2.45) is 7.05 Å². The molecule has 4 aromatic heterocycles. The van der Waals surface area contributed by atoms with Gasteiger partial charge >= 0.3 is 0 Å². The molecule has 45 heavy (non-hydrogen) atoms. The molecule has 2 fully saturated rings. The number of anilines is 4. The number of aryl methyl sites for hydroxylation is 3. The fourth-order valence-electron chi connectivity index (χ4n) is 5.48. The minimum Gasteiger partial charge on any atom is -0.473 e. The first-order chi connectivity index (χ1) is 21.8. The van der Waals surface area contributed by atoms with Crippen LogP contribution in [0.5, 0.6) is 5.88 Å². The van der Waals surface area contributed by atoms with Gasteiger partial charge in [-0.2, -0.15) is 10.1 Å². The van der Waals surface area contributed by atoms with Gasteiger partial charge in [0, 0.05) is 73.5 Å². The van der Waals surface area contributed by atoms with Gasteiger partial charge in [0.25, 0.3) is 0 Å². The molecule has 1 aliphatic heterocycles. The first-order valence-corrected chi connectivity index (χ1v) is 15.0. The zero-order valence-electron chi connectivity index (χ0n) is 25.3. The molecule has 0 radical (unpaired) electrons. The SMILES string of the molecule is Cc1cnc(Nc2cc(C)n(C)n2)nc1-c1c[nH]c2c(NC(=O)CN3CC[C@H](Oc4ccnc(NC5CC5)n4)C3)c(F)ccc12. The standard InChI is InChI=1S/C31H34FN11O2/c1-17-13-35-31(37-24-12-18(2)42(3)41-24)40-27(17)22-14-34-28-21(22)6-7-23(32)29(28)38-25(44)16-43-11-9-20(15-43)45-26-8-10-33-30(39-26)36-19-4-5-19/h6-8,10,12-14,19-20,34H,4-5,9,11,15-16H2,1-3H3,(H,38,44)(H,33,36,39)(H,35,37,40,41)/t20-/m0/s1. The number of benzene rings is 1. The first-order valence-electron chi connectivity index (χ1n) is 15.0. The Hall–Kier alpha value is -5.11. The maximum Gasteiger partial charge on any atom is 0.238 e. The van der Waals surface area contributed by atoms with Gasteiger partial charge in [0.05, 0.1) is 17.8 Å². The van der Waals surface area contributed by atoms with Crippen LogP contribution in [0.25, 0.3) is 22.2 Å². The number of fused-ring (bicyclic) bond motifs is 1. The van der Waals surface area contributed by atoms with Gasteiger partial charge in [-0.15, -0.1) is 0 Å². The number of H-pyrrole nitrogens is 1. The Kier molecular flexibility index (Phi) is 7.49. The van der Waals surface area contributed by atoms with Gasteiger partial charge in [-0.05, 0) is 50.8 Å². The smallest absolute Gasteiger partial charge is 0.238 e. The lowest BCUT2D eigenvalue weighted by molar-refractivity contribution is -0.117. The fraction of sp³-hybridized carbons (Fsp3) is 0.355. The van der Waals surface area contributed by atoms with Crippen molar-refractivity contribution in [3.05, 3.63) is 59.9 Å². The molecule has 0 unspecified atom stereocenters. The van der Waals surface area contributed by atoms with Crippen LogP contribution >= 0.6 is 0 Å². The van der Waals surface area contributed by atoms with E-state index in [-0.39, 0.29) is 24.2 Å². The number of hydrogen-bond acceptors (Lipinski definition) is 10. The highest BCUT2D eigenvalue weighted by molar-refractivity contribution is 6.06. The highest BCUT2D eigenvalue weighted by atomic mass is 19.1. The molecular formula is C31H34FN11O2. The average Bonchev–Trinajstić information content (AvgIpc) is 3.39. The zero-order valence-corrected chi connectivity index (χ0v) is 25.3. The van der Waals surface area contributed by atoms with E-state index in [1.165, 1.54) is 6.07 Å². The van der Waals surface area contributed by atoms with Gasteiger partial charge in [0.1, 0.15) is 17.6 Å². The van der Waals surface area contributed by atoms with E-state index in [0.717, 1.165) is 41.5 Å². The minimum atomic E-state index is -0.529. The Morgan fingerprint density at radius 1 is 1.13 bits per heavy atom. The number of aromatic nitrogens is 7. The van der Waals surface area contributed by atoms with Crippen molar-refractivity contribution in [1.29, 1.82) is 0 Å². The third-order valence-electron chi connectivity index (χ3n) is 8.07. The zero-order chi connectivity index (χ0) is 31.1. The van der Waals surface area contributed by atoms with Crippen LogP contribution < -0.4 is 20.7 Å². The van der Waals surface area contributed by atoms with Crippen LogP contribution in [0.15, 0.2) is 42.9 Å². The molecule has 5 heterocycles. The van der Waals surface area contributed by atoms with Crippen LogP contribution in [0.3, 0.4) is 0 Å². The molecule has 13 nitrogen and oxygen atoms in total. The van der Waals surface area contributed by atoms with Crippen LogP contribution in [0, 0.1) is 19.7 Å². The topological polar surface area (TPSA) is 151 Å². The van der Waals surface area contributed by atoms with E-state index in [2.05, 4.69) is 41.0 Å². The van der Waals surface area contributed by atoms with E-state index in [1.807, 2.05) is 31.9 Å². The molecule has 0 bridgehead atoms. The molecule has 5 aromatic rings. The number of nitrogens with one attached hydrogen (secondary N) is 4. The number of rotatable bonds is 10. The van der Waals surface area contributed by atoms with E-state index in [4.69, 9.17) is 9.72 Å². The summed E-state index contributed by atoms with van der Waals surface area (Å²) >= 11 is 0. The summed E-state index contributed by atoms with van der Waals surface area (Å²) in [5.41, 5.74) is 3.86. The summed E-state index contributed by atoms with van der Waals surface area (Å²) in [5, 5.41) is 14.4. The van der Waals surface area contributed by atoms with Gasteiger partial charge in [-0.1, -0.05) is 0 Å². The second kappa shape index (κ2) is 11.8. The number of nitrogens with zero attached hydrogens (tertiary/aromatic N) is 7. The van der Waals surface area contributed by atoms with Crippen molar-refractivity contribution >= 4 is 40.2 Å². The Morgan fingerprint density at radius 2 is 2.00 bits per heavy atom. The van der Waals surface area contributed by atoms with E-state index in [0.29, 0.717) is 53.9 Å². The third kappa shape index (κ3) is 6.27. The summed E-state index contributed by atoms with van der Waals surface area (Å²) in [4.78, 5) is 36.1. The lowest BCUT2D eigenvalue weighted by Gasteiger charge is -2.17. The van der Waals surface area contributed by atoms with Crippen LogP contribution in [-0.2, 0) is 11.8 Å². The van der Waals surface area contributed by atoms with Crippen molar-refractivity contribution < 1.29 is 13.9 Å². The van der Waals surface area contributed by atoms with Gasteiger partial charge in [-0.25, -0.2) is 19.3 Å². The number of halogens is 1. The van der Waals surface area contributed by atoms with Crippen molar-refractivity contribution in [2.45, 2.75) is 45.3 Å². The molecule has 1 saturated carbocycles. The van der Waals surface area contributed by atoms with Crippen molar-refractivity contribution in [2.75, 3.05) is 35.6 Å².